The third-order valence-corrected chi connectivity index (χ3v) is 2.57. The first-order chi connectivity index (χ1) is 7.70. The second kappa shape index (κ2) is 7.18. The average Bonchev–Trinajstić information content (AvgIpc) is 2.15. The first-order valence-corrected chi connectivity index (χ1v) is 5.92. The van der Waals surface area contributed by atoms with Gasteiger partial charge >= 0.3 is 6.18 Å². The molecular formula is C11H23F3N2O. The van der Waals surface area contributed by atoms with Gasteiger partial charge in [0.1, 0.15) is 0 Å². The van der Waals surface area contributed by atoms with Gasteiger partial charge in [0, 0.05) is 6.54 Å². The second-order valence-corrected chi connectivity index (χ2v) is 4.70. The maximum Gasteiger partial charge on any atom is 0.401 e. The molecule has 0 amide bonds. The Balaban J connectivity index is 4.01. The van der Waals surface area contributed by atoms with Crippen molar-refractivity contribution in [2.24, 2.45) is 5.73 Å². The van der Waals surface area contributed by atoms with E-state index in [0.717, 1.165) is 0 Å². The summed E-state index contributed by atoms with van der Waals surface area (Å²) in [6.45, 7) is 3.44. The van der Waals surface area contributed by atoms with Crippen molar-refractivity contribution in [3.63, 3.8) is 0 Å². The van der Waals surface area contributed by atoms with Crippen molar-refractivity contribution in [2.75, 3.05) is 26.2 Å². The molecule has 1 unspecified atom stereocenters. The van der Waals surface area contributed by atoms with Crippen molar-refractivity contribution in [1.29, 1.82) is 0 Å². The maximum atomic E-state index is 12.2. The van der Waals surface area contributed by atoms with Crippen LogP contribution in [0, 0.1) is 0 Å². The predicted molar refractivity (Wildman–Crippen MR) is 61.7 cm³/mol. The molecule has 0 saturated heterocycles. The normalized spacial score (nSPS) is 16.2. The molecule has 1 atom stereocenters. The molecule has 0 aliphatic carbocycles. The molecule has 0 aromatic rings. The van der Waals surface area contributed by atoms with Gasteiger partial charge in [-0.05, 0) is 39.3 Å². The molecule has 0 aliphatic heterocycles. The Labute approximate surface area is 101 Å². The highest BCUT2D eigenvalue weighted by atomic mass is 19.4. The SMILES string of the molecule is CCCN(CCCC(C)(O)CN)CC(F)(F)F. The second-order valence-electron chi connectivity index (χ2n) is 4.70. The van der Waals surface area contributed by atoms with Crippen LogP contribution in [0.15, 0.2) is 0 Å². The molecule has 3 N–H and O–H groups in total. The van der Waals surface area contributed by atoms with Gasteiger partial charge in [-0.15, -0.1) is 0 Å². The minimum Gasteiger partial charge on any atom is -0.389 e. The fourth-order valence-electron chi connectivity index (χ4n) is 1.63. The lowest BCUT2D eigenvalue weighted by molar-refractivity contribution is -0.146. The van der Waals surface area contributed by atoms with Gasteiger partial charge in [-0.1, -0.05) is 6.92 Å². The minimum atomic E-state index is -4.16. The fourth-order valence-corrected chi connectivity index (χ4v) is 1.63. The molecule has 104 valence electrons. The summed E-state index contributed by atoms with van der Waals surface area (Å²) in [7, 11) is 0. The molecule has 0 rings (SSSR count). The number of alkyl halides is 3. The van der Waals surface area contributed by atoms with Crippen molar-refractivity contribution >= 4 is 0 Å². The number of hydrogen-bond donors (Lipinski definition) is 2. The van der Waals surface area contributed by atoms with Gasteiger partial charge < -0.3 is 10.8 Å². The third-order valence-electron chi connectivity index (χ3n) is 2.57. The number of aliphatic hydroxyl groups is 1. The van der Waals surface area contributed by atoms with E-state index in [1.807, 2.05) is 6.92 Å². The summed E-state index contributed by atoms with van der Waals surface area (Å²) < 4.78 is 36.7. The van der Waals surface area contributed by atoms with E-state index < -0.39 is 18.3 Å². The number of halogens is 3. The van der Waals surface area contributed by atoms with Crippen LogP contribution in [0.5, 0.6) is 0 Å². The first kappa shape index (κ1) is 16.7. The van der Waals surface area contributed by atoms with E-state index in [0.29, 0.717) is 32.4 Å². The summed E-state index contributed by atoms with van der Waals surface area (Å²) in [6.07, 6.45) is -2.54. The molecule has 0 saturated carbocycles. The molecule has 3 nitrogen and oxygen atoms in total. The van der Waals surface area contributed by atoms with Gasteiger partial charge in [0.25, 0.3) is 0 Å². The quantitative estimate of drug-likeness (QED) is 0.695. The zero-order chi connectivity index (χ0) is 13.5. The molecule has 17 heavy (non-hydrogen) atoms. The summed E-state index contributed by atoms with van der Waals surface area (Å²) >= 11 is 0. The molecule has 0 aliphatic rings. The summed E-state index contributed by atoms with van der Waals surface area (Å²) in [5, 5.41) is 9.63. The first-order valence-electron chi connectivity index (χ1n) is 5.92. The minimum absolute atomic E-state index is 0.125. The Morgan fingerprint density at radius 2 is 1.82 bits per heavy atom. The molecule has 0 aromatic carbocycles. The van der Waals surface area contributed by atoms with Crippen molar-refractivity contribution < 1.29 is 18.3 Å². The van der Waals surface area contributed by atoms with Gasteiger partial charge in [-0.2, -0.15) is 13.2 Å². The van der Waals surface area contributed by atoms with E-state index in [1.165, 1.54) is 4.90 Å². The molecule has 0 bridgehead atoms. The van der Waals surface area contributed by atoms with Gasteiger partial charge in [0.2, 0.25) is 0 Å². The molecule has 0 heterocycles. The Morgan fingerprint density at radius 1 is 1.24 bits per heavy atom. The van der Waals surface area contributed by atoms with Crippen LogP contribution < -0.4 is 5.73 Å². The molecule has 0 spiro atoms. The topological polar surface area (TPSA) is 49.5 Å². The van der Waals surface area contributed by atoms with Crippen LogP contribution in [0.4, 0.5) is 13.2 Å². The van der Waals surface area contributed by atoms with Crippen LogP contribution in [0.1, 0.15) is 33.1 Å². The molecule has 0 fully saturated rings. The van der Waals surface area contributed by atoms with Crippen LogP contribution in [0.25, 0.3) is 0 Å². The van der Waals surface area contributed by atoms with Gasteiger partial charge in [0.05, 0.1) is 12.1 Å². The van der Waals surface area contributed by atoms with Crippen molar-refractivity contribution in [3.05, 3.63) is 0 Å². The monoisotopic (exact) mass is 256 g/mol. The standard InChI is InChI=1S/C11H23F3N2O/c1-3-6-16(9-11(12,13)14)7-4-5-10(2,17)8-15/h17H,3-9,15H2,1-2H3. The van der Waals surface area contributed by atoms with E-state index >= 15 is 0 Å². The van der Waals surface area contributed by atoms with Crippen molar-refractivity contribution in [2.45, 2.75) is 44.9 Å². The predicted octanol–water partition coefficient (Wildman–Crippen LogP) is 1.75. The number of hydrogen-bond acceptors (Lipinski definition) is 3. The van der Waals surface area contributed by atoms with Crippen LogP contribution >= 0.6 is 0 Å². The molecule has 0 aromatic heterocycles. The van der Waals surface area contributed by atoms with Crippen LogP contribution in [-0.2, 0) is 0 Å². The smallest absolute Gasteiger partial charge is 0.389 e. The lowest BCUT2D eigenvalue weighted by Gasteiger charge is -2.26. The van der Waals surface area contributed by atoms with Crippen LogP contribution in [0.2, 0.25) is 0 Å². The lowest BCUT2D eigenvalue weighted by atomic mass is 10.0. The highest BCUT2D eigenvalue weighted by Crippen LogP contribution is 2.18. The largest absolute Gasteiger partial charge is 0.401 e. The van der Waals surface area contributed by atoms with E-state index in [-0.39, 0.29) is 6.54 Å². The van der Waals surface area contributed by atoms with Crippen molar-refractivity contribution in [3.8, 4) is 0 Å². The Hall–Kier alpha value is -0.330. The fraction of sp³-hybridized carbons (Fsp3) is 1.00. The highest BCUT2D eigenvalue weighted by Gasteiger charge is 2.30. The summed E-state index contributed by atoms with van der Waals surface area (Å²) in [6, 6.07) is 0. The zero-order valence-electron chi connectivity index (χ0n) is 10.6. The third kappa shape index (κ3) is 9.38. The van der Waals surface area contributed by atoms with Crippen molar-refractivity contribution in [1.82, 2.24) is 4.90 Å². The number of nitrogens with zero attached hydrogens (tertiary/aromatic N) is 1. The van der Waals surface area contributed by atoms with Crippen LogP contribution in [0.3, 0.4) is 0 Å². The lowest BCUT2D eigenvalue weighted by Crippen LogP contribution is -2.38. The molecule has 0 radical (unpaired) electrons. The average molecular weight is 256 g/mol. The molecular weight excluding hydrogens is 233 g/mol. The van der Waals surface area contributed by atoms with E-state index in [1.54, 1.807) is 6.92 Å². The summed E-state index contributed by atoms with van der Waals surface area (Å²) in [5.74, 6) is 0. The maximum absolute atomic E-state index is 12.2. The van der Waals surface area contributed by atoms with E-state index in [9.17, 15) is 18.3 Å². The summed E-state index contributed by atoms with van der Waals surface area (Å²) in [4.78, 5) is 1.37. The Kier molecular flexibility index (Phi) is 7.04. The van der Waals surface area contributed by atoms with E-state index in [4.69, 9.17) is 5.73 Å². The zero-order valence-corrected chi connectivity index (χ0v) is 10.6. The Bertz CT molecular complexity index is 207. The number of nitrogens with two attached hydrogens (primary N) is 1. The molecule has 6 heteroatoms. The number of rotatable bonds is 8. The Morgan fingerprint density at radius 3 is 2.24 bits per heavy atom. The van der Waals surface area contributed by atoms with E-state index in [2.05, 4.69) is 0 Å². The van der Waals surface area contributed by atoms with Gasteiger partial charge in [0.15, 0.2) is 0 Å². The van der Waals surface area contributed by atoms with Gasteiger partial charge in [-0.3, -0.25) is 4.90 Å². The van der Waals surface area contributed by atoms with Crippen LogP contribution in [-0.4, -0.2) is 48.0 Å². The summed E-state index contributed by atoms with van der Waals surface area (Å²) in [5.41, 5.74) is 4.36. The van der Waals surface area contributed by atoms with Gasteiger partial charge in [-0.25, -0.2) is 0 Å². The highest BCUT2D eigenvalue weighted by molar-refractivity contribution is 4.74.